The minimum absolute atomic E-state index is 0.0893. The standard InChI is InChI=1S/C18H24N4O3/c1-3-8-22-15-14(16(23)20-18(22)25)10-12(11-19-15)17(24)21-9-6-5-7-13(21)4-2/h10-11,13H,3-9H2,1-2H3,(H,20,23,25). The maximum atomic E-state index is 12.9. The van der Waals surface area contributed by atoms with Crippen molar-refractivity contribution in [3.05, 3.63) is 38.7 Å². The minimum atomic E-state index is -0.500. The van der Waals surface area contributed by atoms with Crippen LogP contribution in [0.15, 0.2) is 21.9 Å². The van der Waals surface area contributed by atoms with Gasteiger partial charge in [-0.3, -0.25) is 19.1 Å². The van der Waals surface area contributed by atoms with Gasteiger partial charge in [-0.25, -0.2) is 9.78 Å². The van der Waals surface area contributed by atoms with Crippen molar-refractivity contribution in [1.29, 1.82) is 0 Å². The van der Waals surface area contributed by atoms with Gasteiger partial charge >= 0.3 is 5.69 Å². The molecule has 1 aliphatic rings. The lowest BCUT2D eigenvalue weighted by Crippen LogP contribution is -2.43. The third kappa shape index (κ3) is 3.23. The predicted octanol–water partition coefficient (Wildman–Crippen LogP) is 1.90. The number of aryl methyl sites for hydroxylation is 1. The van der Waals surface area contributed by atoms with Crippen molar-refractivity contribution in [1.82, 2.24) is 19.4 Å². The van der Waals surface area contributed by atoms with Crippen LogP contribution < -0.4 is 11.2 Å². The van der Waals surface area contributed by atoms with Gasteiger partial charge in [0.1, 0.15) is 5.65 Å². The Morgan fingerprint density at radius 2 is 2.12 bits per heavy atom. The van der Waals surface area contributed by atoms with Gasteiger partial charge in [-0.15, -0.1) is 0 Å². The molecule has 3 heterocycles. The molecule has 1 atom stereocenters. The number of likely N-dealkylation sites (tertiary alicyclic amines) is 1. The van der Waals surface area contributed by atoms with Gasteiger partial charge in [-0.05, 0) is 38.2 Å². The van der Waals surface area contributed by atoms with Crippen molar-refractivity contribution in [2.45, 2.75) is 58.5 Å². The lowest BCUT2D eigenvalue weighted by molar-refractivity contribution is 0.0608. The van der Waals surface area contributed by atoms with Crippen LogP contribution in [0.3, 0.4) is 0 Å². The summed E-state index contributed by atoms with van der Waals surface area (Å²) >= 11 is 0. The van der Waals surface area contributed by atoms with Gasteiger partial charge < -0.3 is 4.90 Å². The highest BCUT2D eigenvalue weighted by atomic mass is 16.2. The lowest BCUT2D eigenvalue weighted by atomic mass is 9.99. The zero-order valence-electron chi connectivity index (χ0n) is 14.7. The SMILES string of the molecule is CCCn1c(=O)[nH]c(=O)c2cc(C(=O)N3CCCCC3CC)cnc21. The summed E-state index contributed by atoms with van der Waals surface area (Å²) in [6.45, 7) is 5.24. The molecule has 0 radical (unpaired) electrons. The first-order valence-corrected chi connectivity index (χ1v) is 9.00. The number of nitrogens with zero attached hydrogens (tertiary/aromatic N) is 3. The second-order valence-electron chi connectivity index (χ2n) is 6.56. The summed E-state index contributed by atoms with van der Waals surface area (Å²) in [6, 6.07) is 1.81. The Kier molecular flexibility index (Phi) is 5.01. The van der Waals surface area contributed by atoms with Crippen LogP contribution in [-0.2, 0) is 6.54 Å². The normalized spacial score (nSPS) is 17.8. The number of amides is 1. The minimum Gasteiger partial charge on any atom is -0.336 e. The molecule has 1 N–H and O–H groups in total. The summed E-state index contributed by atoms with van der Waals surface area (Å²) in [6.07, 6.45) is 6.30. The molecule has 2 aromatic rings. The van der Waals surface area contributed by atoms with Crippen LogP contribution in [0.4, 0.5) is 0 Å². The van der Waals surface area contributed by atoms with E-state index in [0.717, 1.165) is 38.6 Å². The second-order valence-corrected chi connectivity index (χ2v) is 6.56. The van der Waals surface area contributed by atoms with Crippen molar-refractivity contribution < 1.29 is 4.79 Å². The number of aromatic nitrogens is 3. The molecule has 0 aromatic carbocycles. The molecule has 1 unspecified atom stereocenters. The third-order valence-corrected chi connectivity index (χ3v) is 4.89. The van der Waals surface area contributed by atoms with E-state index in [0.29, 0.717) is 17.8 Å². The summed E-state index contributed by atoms with van der Waals surface area (Å²) in [4.78, 5) is 45.6. The fourth-order valence-electron chi connectivity index (χ4n) is 3.57. The first kappa shape index (κ1) is 17.4. The largest absolute Gasteiger partial charge is 0.336 e. The Morgan fingerprint density at radius 3 is 2.84 bits per heavy atom. The maximum absolute atomic E-state index is 12.9. The van der Waals surface area contributed by atoms with E-state index in [2.05, 4.69) is 16.9 Å². The molecule has 2 aromatic heterocycles. The number of hydrogen-bond donors (Lipinski definition) is 1. The molecule has 0 spiro atoms. The molecule has 0 bridgehead atoms. The first-order valence-electron chi connectivity index (χ1n) is 9.00. The quantitative estimate of drug-likeness (QED) is 0.917. The molecule has 1 saturated heterocycles. The second kappa shape index (κ2) is 7.21. The van der Waals surface area contributed by atoms with Crippen molar-refractivity contribution in [3.63, 3.8) is 0 Å². The summed E-state index contributed by atoms with van der Waals surface area (Å²) < 4.78 is 1.45. The molecule has 1 aliphatic heterocycles. The van der Waals surface area contributed by atoms with E-state index >= 15 is 0 Å². The zero-order valence-corrected chi connectivity index (χ0v) is 14.7. The topological polar surface area (TPSA) is 88.1 Å². The number of fused-ring (bicyclic) bond motifs is 1. The van der Waals surface area contributed by atoms with Crippen LogP contribution in [0.5, 0.6) is 0 Å². The van der Waals surface area contributed by atoms with Crippen molar-refractivity contribution in [2.24, 2.45) is 0 Å². The van der Waals surface area contributed by atoms with E-state index in [4.69, 9.17) is 0 Å². The molecule has 7 heteroatoms. The van der Waals surface area contributed by atoms with E-state index < -0.39 is 11.2 Å². The van der Waals surface area contributed by atoms with Crippen molar-refractivity contribution >= 4 is 16.9 Å². The molecular weight excluding hydrogens is 320 g/mol. The van der Waals surface area contributed by atoms with Gasteiger partial charge in [0.25, 0.3) is 11.5 Å². The smallest absolute Gasteiger partial charge is 0.329 e. The molecule has 7 nitrogen and oxygen atoms in total. The van der Waals surface area contributed by atoms with E-state index in [1.165, 1.54) is 10.8 Å². The highest BCUT2D eigenvalue weighted by Crippen LogP contribution is 2.22. The van der Waals surface area contributed by atoms with Crippen molar-refractivity contribution in [2.75, 3.05) is 6.54 Å². The molecule has 134 valence electrons. The molecule has 1 fully saturated rings. The summed E-state index contributed by atoms with van der Waals surface area (Å²) in [5.74, 6) is -0.0893. The number of hydrogen-bond acceptors (Lipinski definition) is 4. The molecular formula is C18H24N4O3. The number of H-pyrrole nitrogens is 1. The van der Waals surface area contributed by atoms with Gasteiger partial charge in [0, 0.05) is 25.3 Å². The average Bonchev–Trinajstić information content (AvgIpc) is 2.64. The van der Waals surface area contributed by atoms with Gasteiger partial charge in [0.2, 0.25) is 0 Å². The van der Waals surface area contributed by atoms with Crippen LogP contribution in [0.2, 0.25) is 0 Å². The Bertz CT molecular complexity index is 899. The molecule has 3 rings (SSSR count). The zero-order chi connectivity index (χ0) is 18.0. The Balaban J connectivity index is 2.05. The number of carbonyl (C=O) groups excluding carboxylic acids is 1. The molecule has 0 saturated carbocycles. The number of rotatable bonds is 4. The summed E-state index contributed by atoms with van der Waals surface area (Å²) in [5, 5.41) is 0.281. The molecule has 1 amide bonds. The fourth-order valence-corrected chi connectivity index (χ4v) is 3.57. The Morgan fingerprint density at radius 1 is 1.32 bits per heavy atom. The van der Waals surface area contributed by atoms with E-state index in [1.807, 2.05) is 11.8 Å². The van der Waals surface area contributed by atoms with E-state index in [1.54, 1.807) is 6.07 Å². The number of piperidine rings is 1. The van der Waals surface area contributed by atoms with Crippen LogP contribution in [0.25, 0.3) is 11.0 Å². The van der Waals surface area contributed by atoms with Gasteiger partial charge in [-0.1, -0.05) is 13.8 Å². The van der Waals surface area contributed by atoms with E-state index in [-0.39, 0.29) is 17.3 Å². The van der Waals surface area contributed by atoms with Crippen LogP contribution >= 0.6 is 0 Å². The average molecular weight is 344 g/mol. The lowest BCUT2D eigenvalue weighted by Gasteiger charge is -2.35. The Hall–Kier alpha value is -2.44. The first-order chi connectivity index (χ1) is 12.1. The summed E-state index contributed by atoms with van der Waals surface area (Å²) in [5.41, 5.74) is -0.230. The van der Waals surface area contributed by atoms with Crippen LogP contribution in [-0.4, -0.2) is 37.9 Å². The Labute approximate surface area is 145 Å². The number of pyridine rings is 1. The highest BCUT2D eigenvalue weighted by Gasteiger charge is 2.26. The number of nitrogens with one attached hydrogen (secondary N) is 1. The highest BCUT2D eigenvalue weighted by molar-refractivity contribution is 5.97. The maximum Gasteiger partial charge on any atom is 0.329 e. The monoisotopic (exact) mass is 344 g/mol. The number of carbonyl (C=O) groups is 1. The molecule has 0 aliphatic carbocycles. The third-order valence-electron chi connectivity index (χ3n) is 4.89. The van der Waals surface area contributed by atoms with Gasteiger partial charge in [0.15, 0.2) is 0 Å². The summed E-state index contributed by atoms with van der Waals surface area (Å²) in [7, 11) is 0. The molecule has 25 heavy (non-hydrogen) atoms. The number of aromatic amines is 1. The fraction of sp³-hybridized carbons (Fsp3) is 0.556. The van der Waals surface area contributed by atoms with Crippen molar-refractivity contribution in [3.8, 4) is 0 Å². The predicted molar refractivity (Wildman–Crippen MR) is 95.9 cm³/mol. The van der Waals surface area contributed by atoms with E-state index in [9.17, 15) is 14.4 Å². The van der Waals surface area contributed by atoms with Gasteiger partial charge in [0.05, 0.1) is 10.9 Å². The van der Waals surface area contributed by atoms with Crippen LogP contribution in [0, 0.1) is 0 Å². The van der Waals surface area contributed by atoms with Gasteiger partial charge in [-0.2, -0.15) is 0 Å². The van der Waals surface area contributed by atoms with Crippen LogP contribution in [0.1, 0.15) is 56.3 Å².